The van der Waals surface area contributed by atoms with Gasteiger partial charge in [-0.3, -0.25) is 9.59 Å². The Morgan fingerprint density at radius 1 is 1.04 bits per heavy atom. The van der Waals surface area contributed by atoms with Gasteiger partial charge in [-0.1, -0.05) is 0 Å². The van der Waals surface area contributed by atoms with Gasteiger partial charge in [-0.05, 0) is 12.2 Å². The molecule has 1 rings (SSSR count). The second-order valence-electron chi connectivity index (χ2n) is 4.84. The van der Waals surface area contributed by atoms with Crippen molar-refractivity contribution in [3.63, 3.8) is 0 Å². The third-order valence-corrected chi connectivity index (χ3v) is 3.11. The van der Waals surface area contributed by atoms with E-state index in [0.717, 1.165) is 21.3 Å². The summed E-state index contributed by atoms with van der Waals surface area (Å²) >= 11 is 0. The summed E-state index contributed by atoms with van der Waals surface area (Å²) < 4.78 is 29.3. The molecule has 1 aliphatic rings. The Kier molecular flexibility index (Phi) is 8.02. The molecular formula is C15H20O10. The van der Waals surface area contributed by atoms with E-state index in [1.54, 1.807) is 0 Å². The monoisotopic (exact) mass is 360 g/mol. The maximum absolute atomic E-state index is 11.8. The summed E-state index contributed by atoms with van der Waals surface area (Å²) in [4.78, 5) is 46.0. The first-order valence-electron chi connectivity index (χ1n) is 7.21. The average molecular weight is 360 g/mol. The van der Waals surface area contributed by atoms with Crippen molar-refractivity contribution >= 4 is 23.9 Å². The number of hydrogen-bond acceptors (Lipinski definition) is 10. The SMILES string of the molecule is COC(=O)C[C@@H](O[C@@H]1C=C[C@H](OC(C)=O)[C@@H](C(=O)OC)O1)C(=O)OC. The first-order valence-corrected chi connectivity index (χ1v) is 7.21. The fourth-order valence-corrected chi connectivity index (χ4v) is 1.96. The molecule has 25 heavy (non-hydrogen) atoms. The van der Waals surface area contributed by atoms with Crippen LogP contribution in [0.15, 0.2) is 12.2 Å². The Bertz CT molecular complexity index is 540. The predicted octanol–water partition coefficient (Wildman–Crippen LogP) is -0.506. The summed E-state index contributed by atoms with van der Waals surface area (Å²) in [6.45, 7) is 1.18. The van der Waals surface area contributed by atoms with Gasteiger partial charge in [0.15, 0.2) is 24.6 Å². The number of carbonyl (C=O) groups excluding carboxylic acids is 4. The van der Waals surface area contributed by atoms with Gasteiger partial charge in [-0.2, -0.15) is 0 Å². The molecule has 0 bridgehead atoms. The molecule has 0 N–H and O–H groups in total. The fraction of sp³-hybridized carbons (Fsp3) is 0.600. The minimum atomic E-state index is -1.31. The molecule has 0 aromatic rings. The van der Waals surface area contributed by atoms with Crippen LogP contribution in [0.4, 0.5) is 0 Å². The molecule has 0 fully saturated rings. The van der Waals surface area contributed by atoms with Gasteiger partial charge < -0.3 is 28.4 Å². The van der Waals surface area contributed by atoms with E-state index in [-0.39, 0.29) is 0 Å². The molecule has 10 heteroatoms. The molecule has 1 heterocycles. The Morgan fingerprint density at radius 2 is 1.72 bits per heavy atom. The second kappa shape index (κ2) is 9.74. The minimum absolute atomic E-state index is 0.410. The van der Waals surface area contributed by atoms with Crippen molar-refractivity contribution in [2.24, 2.45) is 0 Å². The van der Waals surface area contributed by atoms with Crippen LogP contribution in [-0.2, 0) is 47.6 Å². The van der Waals surface area contributed by atoms with E-state index < -0.39 is 54.9 Å². The Labute approximate surface area is 143 Å². The van der Waals surface area contributed by atoms with Crippen LogP contribution in [0.3, 0.4) is 0 Å². The van der Waals surface area contributed by atoms with Crippen molar-refractivity contribution < 1.29 is 47.6 Å². The van der Waals surface area contributed by atoms with Crippen molar-refractivity contribution in [3.05, 3.63) is 12.2 Å². The van der Waals surface area contributed by atoms with Gasteiger partial charge >= 0.3 is 23.9 Å². The molecule has 0 amide bonds. The van der Waals surface area contributed by atoms with E-state index in [1.807, 2.05) is 0 Å². The van der Waals surface area contributed by atoms with Gasteiger partial charge in [0, 0.05) is 6.92 Å². The number of hydrogen-bond donors (Lipinski definition) is 0. The van der Waals surface area contributed by atoms with Gasteiger partial charge in [-0.25, -0.2) is 9.59 Å². The minimum Gasteiger partial charge on any atom is -0.469 e. The molecule has 1 aliphatic heterocycles. The summed E-state index contributed by atoms with van der Waals surface area (Å²) in [5.41, 5.74) is 0. The van der Waals surface area contributed by atoms with Crippen LogP contribution in [0.2, 0.25) is 0 Å². The van der Waals surface area contributed by atoms with Crippen LogP contribution in [0.1, 0.15) is 13.3 Å². The van der Waals surface area contributed by atoms with E-state index in [9.17, 15) is 19.2 Å². The van der Waals surface area contributed by atoms with E-state index in [4.69, 9.17) is 14.2 Å². The van der Waals surface area contributed by atoms with E-state index in [1.165, 1.54) is 19.1 Å². The van der Waals surface area contributed by atoms with E-state index in [2.05, 4.69) is 14.2 Å². The molecule has 0 radical (unpaired) electrons. The molecule has 0 aromatic carbocycles. The third-order valence-electron chi connectivity index (χ3n) is 3.11. The lowest BCUT2D eigenvalue weighted by molar-refractivity contribution is -0.216. The lowest BCUT2D eigenvalue weighted by atomic mass is 10.1. The number of rotatable bonds is 7. The zero-order valence-electron chi connectivity index (χ0n) is 14.3. The number of esters is 4. The highest BCUT2D eigenvalue weighted by Gasteiger charge is 2.38. The topological polar surface area (TPSA) is 124 Å². The summed E-state index contributed by atoms with van der Waals surface area (Å²) in [6, 6.07) is 0. The van der Waals surface area contributed by atoms with Gasteiger partial charge in [0.2, 0.25) is 0 Å². The number of ether oxygens (including phenoxy) is 6. The van der Waals surface area contributed by atoms with E-state index >= 15 is 0 Å². The maximum atomic E-state index is 11.8. The van der Waals surface area contributed by atoms with Crippen LogP contribution in [0, 0.1) is 0 Å². The van der Waals surface area contributed by atoms with Gasteiger partial charge in [-0.15, -0.1) is 0 Å². The largest absolute Gasteiger partial charge is 0.469 e. The van der Waals surface area contributed by atoms with E-state index in [0.29, 0.717) is 0 Å². The molecule has 0 saturated carbocycles. The van der Waals surface area contributed by atoms with Crippen molar-refractivity contribution in [2.45, 2.75) is 37.9 Å². The summed E-state index contributed by atoms with van der Waals surface area (Å²) in [5, 5.41) is 0. The Hall–Kier alpha value is -2.46. The van der Waals surface area contributed by atoms with Crippen molar-refractivity contribution in [1.29, 1.82) is 0 Å². The summed E-state index contributed by atoms with van der Waals surface area (Å²) in [7, 11) is 3.42. The number of carbonyl (C=O) groups is 4. The van der Waals surface area contributed by atoms with Crippen LogP contribution in [-0.4, -0.2) is 69.8 Å². The fourth-order valence-electron chi connectivity index (χ4n) is 1.96. The third kappa shape index (κ3) is 6.16. The maximum Gasteiger partial charge on any atom is 0.339 e. The molecule has 0 aromatic heterocycles. The molecule has 10 nitrogen and oxygen atoms in total. The van der Waals surface area contributed by atoms with Gasteiger partial charge in [0.25, 0.3) is 0 Å². The molecule has 0 saturated heterocycles. The lowest BCUT2D eigenvalue weighted by Gasteiger charge is -2.31. The highest BCUT2D eigenvalue weighted by molar-refractivity contribution is 5.81. The number of methoxy groups -OCH3 is 3. The molecule has 140 valence electrons. The zero-order chi connectivity index (χ0) is 19.0. The predicted molar refractivity (Wildman–Crippen MR) is 78.9 cm³/mol. The van der Waals surface area contributed by atoms with Crippen molar-refractivity contribution in [3.8, 4) is 0 Å². The highest BCUT2D eigenvalue weighted by atomic mass is 16.7. The highest BCUT2D eigenvalue weighted by Crippen LogP contribution is 2.20. The van der Waals surface area contributed by atoms with Crippen LogP contribution < -0.4 is 0 Å². The summed E-state index contributed by atoms with van der Waals surface area (Å²) in [6.07, 6.45) is -2.50. The van der Waals surface area contributed by atoms with Gasteiger partial charge in [0.1, 0.15) is 0 Å². The second-order valence-corrected chi connectivity index (χ2v) is 4.84. The first-order chi connectivity index (χ1) is 11.8. The summed E-state index contributed by atoms with van der Waals surface area (Å²) in [5.74, 6) is -2.94. The van der Waals surface area contributed by atoms with Crippen molar-refractivity contribution in [2.75, 3.05) is 21.3 Å². The lowest BCUT2D eigenvalue weighted by Crippen LogP contribution is -2.46. The van der Waals surface area contributed by atoms with Crippen LogP contribution in [0.5, 0.6) is 0 Å². The average Bonchev–Trinajstić information content (AvgIpc) is 2.60. The quantitative estimate of drug-likeness (QED) is 0.333. The normalized spacial score (nSPS) is 23.3. The standard InChI is InChI=1S/C15H20O10/c1-8(16)23-9-5-6-12(25-13(9)15(19)22-4)24-10(14(18)21-3)7-11(17)20-2/h5-6,9-10,12-13H,7H2,1-4H3/t9-,10+,12-,13-/m0/s1. The van der Waals surface area contributed by atoms with Gasteiger partial charge in [0.05, 0.1) is 27.8 Å². The molecular weight excluding hydrogens is 340 g/mol. The van der Waals surface area contributed by atoms with Crippen LogP contribution >= 0.6 is 0 Å². The molecule has 0 aliphatic carbocycles. The van der Waals surface area contributed by atoms with Crippen molar-refractivity contribution in [1.82, 2.24) is 0 Å². The molecule has 4 atom stereocenters. The Balaban J connectivity index is 2.89. The van der Waals surface area contributed by atoms with Crippen LogP contribution in [0.25, 0.3) is 0 Å². The zero-order valence-corrected chi connectivity index (χ0v) is 14.3. The smallest absolute Gasteiger partial charge is 0.339 e. The molecule has 0 unspecified atom stereocenters. The molecule has 0 spiro atoms. The Morgan fingerprint density at radius 3 is 2.24 bits per heavy atom. The first kappa shape index (κ1) is 20.6.